The van der Waals surface area contributed by atoms with E-state index in [1.165, 1.54) is 6.20 Å². The number of aromatic nitrogens is 5. The molecule has 140 valence electrons. The first-order valence-corrected chi connectivity index (χ1v) is 8.60. The maximum atomic E-state index is 12.0. The molecule has 4 rings (SSSR count). The number of benzene rings is 1. The minimum Gasteiger partial charge on any atom is -0.508 e. The van der Waals surface area contributed by atoms with Crippen molar-refractivity contribution in [1.29, 1.82) is 0 Å². The molecule has 0 saturated carbocycles. The second kappa shape index (κ2) is 6.99. The third-order valence-electron chi connectivity index (χ3n) is 4.41. The summed E-state index contributed by atoms with van der Waals surface area (Å²) in [5, 5.41) is 17.9. The molecule has 0 aliphatic heterocycles. The Balaban J connectivity index is 1.69. The van der Waals surface area contributed by atoms with Crippen molar-refractivity contribution in [1.82, 2.24) is 24.7 Å². The molecule has 8 heteroatoms. The van der Waals surface area contributed by atoms with Gasteiger partial charge in [-0.3, -0.25) is 9.78 Å². The highest BCUT2D eigenvalue weighted by Gasteiger charge is 2.12. The van der Waals surface area contributed by atoms with E-state index >= 15 is 0 Å². The Hall–Kier alpha value is -3.94. The van der Waals surface area contributed by atoms with E-state index in [2.05, 4.69) is 20.2 Å². The summed E-state index contributed by atoms with van der Waals surface area (Å²) in [4.78, 5) is 27.9. The van der Waals surface area contributed by atoms with Gasteiger partial charge in [-0.25, -0.2) is 4.79 Å². The summed E-state index contributed by atoms with van der Waals surface area (Å²) in [5.74, 6) is 0.231. The van der Waals surface area contributed by atoms with Crippen molar-refractivity contribution >= 4 is 0 Å². The lowest BCUT2D eigenvalue weighted by Gasteiger charge is -2.06. The largest absolute Gasteiger partial charge is 0.508 e. The van der Waals surface area contributed by atoms with Crippen LogP contribution in [0.5, 0.6) is 5.75 Å². The molecule has 1 aromatic carbocycles. The molecule has 0 aliphatic carbocycles. The van der Waals surface area contributed by atoms with Crippen LogP contribution in [0, 0.1) is 6.92 Å². The highest BCUT2D eigenvalue weighted by atomic mass is 16.3. The number of aromatic amines is 2. The molecule has 0 aliphatic rings. The molecular weight excluding hydrogens is 358 g/mol. The summed E-state index contributed by atoms with van der Waals surface area (Å²) in [6, 6.07) is 10.8. The van der Waals surface area contributed by atoms with Gasteiger partial charge in [-0.15, -0.1) is 5.10 Å². The van der Waals surface area contributed by atoms with Gasteiger partial charge in [0.1, 0.15) is 11.4 Å². The van der Waals surface area contributed by atoms with E-state index in [0.717, 1.165) is 22.4 Å². The Labute approximate surface area is 159 Å². The molecule has 0 bridgehead atoms. The third-order valence-corrected chi connectivity index (χ3v) is 4.41. The fourth-order valence-electron chi connectivity index (χ4n) is 3.04. The van der Waals surface area contributed by atoms with Crippen LogP contribution in [0.15, 0.2) is 64.6 Å². The number of phenolic OH excluding ortho intramolecular Hbond substituents is 1. The van der Waals surface area contributed by atoms with Crippen LogP contribution in [0.2, 0.25) is 0 Å². The van der Waals surface area contributed by atoms with E-state index in [1.807, 2.05) is 36.0 Å². The first kappa shape index (κ1) is 17.5. The van der Waals surface area contributed by atoms with Crippen molar-refractivity contribution in [3.63, 3.8) is 0 Å². The average Bonchev–Trinajstić information content (AvgIpc) is 3.11. The minimum absolute atomic E-state index is 0.231. The van der Waals surface area contributed by atoms with Crippen LogP contribution in [0.1, 0.15) is 11.3 Å². The summed E-state index contributed by atoms with van der Waals surface area (Å²) >= 11 is 0. The van der Waals surface area contributed by atoms with Crippen molar-refractivity contribution in [2.24, 2.45) is 0 Å². The van der Waals surface area contributed by atoms with Gasteiger partial charge in [0, 0.05) is 36.3 Å². The second-order valence-corrected chi connectivity index (χ2v) is 6.46. The summed E-state index contributed by atoms with van der Waals surface area (Å²) in [7, 11) is 0. The smallest absolute Gasteiger partial charge is 0.325 e. The minimum atomic E-state index is -0.571. The van der Waals surface area contributed by atoms with E-state index in [4.69, 9.17) is 0 Å². The Kier molecular flexibility index (Phi) is 4.36. The Morgan fingerprint density at radius 3 is 2.75 bits per heavy atom. The first-order valence-electron chi connectivity index (χ1n) is 8.60. The van der Waals surface area contributed by atoms with Crippen molar-refractivity contribution in [2.75, 3.05) is 0 Å². The zero-order valence-corrected chi connectivity index (χ0v) is 15.0. The van der Waals surface area contributed by atoms with E-state index in [0.29, 0.717) is 12.2 Å². The van der Waals surface area contributed by atoms with Crippen LogP contribution < -0.4 is 11.2 Å². The molecule has 0 radical (unpaired) electrons. The number of hydrogen-bond acceptors (Lipinski definition) is 5. The van der Waals surface area contributed by atoms with Gasteiger partial charge in [0.2, 0.25) is 0 Å². The summed E-state index contributed by atoms with van der Waals surface area (Å²) in [5.41, 5.74) is 2.99. The average molecular weight is 375 g/mol. The topological polar surface area (TPSA) is 117 Å². The standard InChI is InChI=1S/C20H17N5O3/c1-12-16(8-18(24-23-12)17-9-21-20(28)22-19(17)27)14-5-6-25(11-14)10-13-3-2-4-15(26)7-13/h2-9,11,26H,10H2,1H3,(H2,21,22,27,28). The van der Waals surface area contributed by atoms with Gasteiger partial charge in [0.05, 0.1) is 11.3 Å². The second-order valence-electron chi connectivity index (χ2n) is 6.46. The molecule has 0 spiro atoms. The number of H-pyrrole nitrogens is 2. The van der Waals surface area contributed by atoms with Gasteiger partial charge in [0.25, 0.3) is 5.56 Å². The van der Waals surface area contributed by atoms with Crippen LogP contribution in [-0.4, -0.2) is 29.8 Å². The fraction of sp³-hybridized carbons (Fsp3) is 0.100. The zero-order valence-electron chi connectivity index (χ0n) is 15.0. The lowest BCUT2D eigenvalue weighted by molar-refractivity contribution is 0.474. The summed E-state index contributed by atoms with van der Waals surface area (Å²) in [6.45, 7) is 2.45. The lowest BCUT2D eigenvalue weighted by atomic mass is 10.1. The van der Waals surface area contributed by atoms with E-state index in [-0.39, 0.29) is 11.3 Å². The van der Waals surface area contributed by atoms with Crippen molar-refractivity contribution < 1.29 is 5.11 Å². The summed E-state index contributed by atoms with van der Waals surface area (Å²) < 4.78 is 2.00. The number of nitrogens with one attached hydrogen (secondary N) is 2. The molecule has 3 N–H and O–H groups in total. The Morgan fingerprint density at radius 2 is 1.96 bits per heavy atom. The molecule has 8 nitrogen and oxygen atoms in total. The molecule has 28 heavy (non-hydrogen) atoms. The molecule has 4 aromatic rings. The van der Waals surface area contributed by atoms with Crippen molar-refractivity contribution in [3.05, 3.63) is 87.1 Å². The first-order chi connectivity index (χ1) is 13.5. The predicted molar refractivity (Wildman–Crippen MR) is 104 cm³/mol. The number of phenols is 1. The molecular formula is C20H17N5O3. The van der Waals surface area contributed by atoms with Crippen molar-refractivity contribution in [3.8, 4) is 28.1 Å². The van der Waals surface area contributed by atoms with Gasteiger partial charge >= 0.3 is 5.69 Å². The van der Waals surface area contributed by atoms with Crippen LogP contribution in [0.3, 0.4) is 0 Å². The highest BCUT2D eigenvalue weighted by molar-refractivity contribution is 5.70. The Morgan fingerprint density at radius 1 is 1.11 bits per heavy atom. The molecule has 0 unspecified atom stereocenters. The predicted octanol–water partition coefficient (Wildman–Crippen LogP) is 2.05. The number of aryl methyl sites for hydroxylation is 1. The molecule has 0 fully saturated rings. The fourth-order valence-corrected chi connectivity index (χ4v) is 3.04. The zero-order chi connectivity index (χ0) is 19.7. The highest BCUT2D eigenvalue weighted by Crippen LogP contribution is 2.26. The van der Waals surface area contributed by atoms with Gasteiger partial charge < -0.3 is 14.7 Å². The van der Waals surface area contributed by atoms with Crippen molar-refractivity contribution in [2.45, 2.75) is 13.5 Å². The molecule has 3 heterocycles. The SMILES string of the molecule is Cc1nnc(-c2c[nH]c(=O)[nH]c2=O)cc1-c1ccn(Cc2cccc(O)c2)c1. The lowest BCUT2D eigenvalue weighted by Crippen LogP contribution is -2.22. The number of rotatable bonds is 4. The molecule has 0 amide bonds. The van der Waals surface area contributed by atoms with E-state index in [9.17, 15) is 14.7 Å². The molecule has 0 atom stereocenters. The van der Waals surface area contributed by atoms with Gasteiger partial charge in [-0.1, -0.05) is 12.1 Å². The third kappa shape index (κ3) is 3.48. The van der Waals surface area contributed by atoms with Crippen LogP contribution in [0.25, 0.3) is 22.4 Å². The van der Waals surface area contributed by atoms with Gasteiger partial charge in [-0.05, 0) is 36.8 Å². The Bertz CT molecular complexity index is 1270. The van der Waals surface area contributed by atoms with Crippen LogP contribution in [-0.2, 0) is 6.54 Å². The molecule has 0 saturated heterocycles. The number of aromatic hydroxyl groups is 1. The molecule has 3 aromatic heterocycles. The number of nitrogens with zero attached hydrogens (tertiary/aromatic N) is 3. The van der Waals surface area contributed by atoms with Crippen LogP contribution in [0.4, 0.5) is 0 Å². The maximum Gasteiger partial charge on any atom is 0.325 e. The van der Waals surface area contributed by atoms with E-state index < -0.39 is 11.2 Å². The maximum absolute atomic E-state index is 12.0. The van der Waals surface area contributed by atoms with Gasteiger partial charge in [-0.2, -0.15) is 5.10 Å². The normalized spacial score (nSPS) is 10.9. The number of hydrogen-bond donors (Lipinski definition) is 3. The monoisotopic (exact) mass is 375 g/mol. The van der Waals surface area contributed by atoms with Gasteiger partial charge in [0.15, 0.2) is 0 Å². The van der Waals surface area contributed by atoms with Crippen LogP contribution >= 0.6 is 0 Å². The summed E-state index contributed by atoms with van der Waals surface area (Å²) in [6.07, 6.45) is 5.23. The quantitative estimate of drug-likeness (QED) is 0.505. The van der Waals surface area contributed by atoms with E-state index in [1.54, 1.807) is 24.3 Å².